The predicted molar refractivity (Wildman–Crippen MR) is 102 cm³/mol. The summed E-state index contributed by atoms with van der Waals surface area (Å²) in [4.78, 5) is 24.8. The van der Waals surface area contributed by atoms with Gasteiger partial charge in [0.05, 0.1) is 10.7 Å². The Kier molecular flexibility index (Phi) is 5.96. The molecular formula is C18H22N6OS. The zero-order valence-electron chi connectivity index (χ0n) is 14.8. The first kappa shape index (κ1) is 18.1. The monoisotopic (exact) mass is 370 g/mol. The van der Waals surface area contributed by atoms with E-state index in [-0.39, 0.29) is 6.03 Å². The fourth-order valence-electron chi connectivity index (χ4n) is 2.36. The van der Waals surface area contributed by atoms with Gasteiger partial charge in [0, 0.05) is 49.4 Å². The number of nitrogens with one attached hydrogen (secondary N) is 2. The molecule has 0 aliphatic carbocycles. The quantitative estimate of drug-likeness (QED) is 0.670. The number of hydrogen-bond acceptors (Lipinski definition) is 5. The summed E-state index contributed by atoms with van der Waals surface area (Å²) < 4.78 is 1.82. The Balaban J connectivity index is 1.43. The number of pyridine rings is 1. The molecule has 0 bridgehead atoms. The molecule has 3 heterocycles. The van der Waals surface area contributed by atoms with Crippen LogP contribution in [0.3, 0.4) is 0 Å². The van der Waals surface area contributed by atoms with Crippen LogP contribution in [0.5, 0.6) is 0 Å². The molecule has 3 rings (SSSR count). The normalized spacial score (nSPS) is 10.9. The van der Waals surface area contributed by atoms with Crippen molar-refractivity contribution < 1.29 is 4.79 Å². The van der Waals surface area contributed by atoms with Crippen molar-refractivity contribution in [2.45, 2.75) is 32.7 Å². The van der Waals surface area contributed by atoms with Crippen LogP contribution in [0.15, 0.2) is 42.4 Å². The minimum Gasteiger partial charge on any atom is -0.338 e. The molecule has 0 aromatic carbocycles. The molecule has 0 radical (unpaired) electrons. The standard InChI is InChI=1S/C18H22N6OS/c1-13(2)17-23-15(11-26-17)4-6-21-18(25)22-10-14-3-5-20-16(9-14)24-8-7-19-12-24/h3,5,7-9,11-13H,4,6,10H2,1-2H3,(H2,21,22,25). The average Bonchev–Trinajstić information content (AvgIpc) is 3.32. The van der Waals surface area contributed by atoms with Crippen molar-refractivity contribution in [1.82, 2.24) is 30.2 Å². The molecular weight excluding hydrogens is 348 g/mol. The number of thiazole rings is 1. The van der Waals surface area contributed by atoms with Crippen LogP contribution in [0, 0.1) is 0 Å². The van der Waals surface area contributed by atoms with Gasteiger partial charge in [0.1, 0.15) is 12.1 Å². The first-order chi connectivity index (χ1) is 12.6. The third kappa shape index (κ3) is 4.89. The van der Waals surface area contributed by atoms with Crippen molar-refractivity contribution in [2.75, 3.05) is 6.54 Å². The highest BCUT2D eigenvalue weighted by Crippen LogP contribution is 2.19. The maximum atomic E-state index is 12.0. The molecule has 0 saturated heterocycles. The van der Waals surface area contributed by atoms with Crippen LogP contribution >= 0.6 is 11.3 Å². The largest absolute Gasteiger partial charge is 0.338 e. The van der Waals surface area contributed by atoms with E-state index in [4.69, 9.17) is 0 Å². The fraction of sp³-hybridized carbons (Fsp3) is 0.333. The summed E-state index contributed by atoms with van der Waals surface area (Å²) in [6, 6.07) is 3.61. The summed E-state index contributed by atoms with van der Waals surface area (Å²) in [6.45, 7) is 5.26. The Morgan fingerprint density at radius 1 is 1.31 bits per heavy atom. The van der Waals surface area contributed by atoms with Gasteiger partial charge in [-0.1, -0.05) is 13.8 Å². The van der Waals surface area contributed by atoms with Gasteiger partial charge in [0.15, 0.2) is 0 Å². The van der Waals surface area contributed by atoms with E-state index in [1.807, 2.05) is 22.9 Å². The zero-order chi connectivity index (χ0) is 18.4. The number of carbonyl (C=O) groups is 1. The summed E-state index contributed by atoms with van der Waals surface area (Å²) in [7, 11) is 0. The molecule has 0 spiro atoms. The summed E-state index contributed by atoms with van der Waals surface area (Å²) in [5.74, 6) is 1.21. The lowest BCUT2D eigenvalue weighted by Gasteiger charge is -2.08. The Labute approximate surface area is 156 Å². The lowest BCUT2D eigenvalue weighted by atomic mass is 10.2. The van der Waals surface area contributed by atoms with E-state index >= 15 is 0 Å². The maximum absolute atomic E-state index is 12.0. The molecule has 0 unspecified atom stereocenters. The van der Waals surface area contributed by atoms with E-state index in [2.05, 4.69) is 44.8 Å². The van der Waals surface area contributed by atoms with Gasteiger partial charge < -0.3 is 10.6 Å². The summed E-state index contributed by atoms with van der Waals surface area (Å²) in [6.07, 6.45) is 7.67. The van der Waals surface area contributed by atoms with Gasteiger partial charge in [0.2, 0.25) is 0 Å². The fourth-order valence-corrected chi connectivity index (χ4v) is 3.23. The highest BCUT2D eigenvalue weighted by molar-refractivity contribution is 7.09. The Morgan fingerprint density at radius 3 is 2.92 bits per heavy atom. The molecule has 0 aliphatic rings. The summed E-state index contributed by atoms with van der Waals surface area (Å²) >= 11 is 1.67. The summed E-state index contributed by atoms with van der Waals surface area (Å²) in [5, 5.41) is 8.92. The summed E-state index contributed by atoms with van der Waals surface area (Å²) in [5.41, 5.74) is 2.00. The van der Waals surface area contributed by atoms with E-state index < -0.39 is 0 Å². The molecule has 0 saturated carbocycles. The minimum atomic E-state index is -0.190. The van der Waals surface area contributed by atoms with Crippen molar-refractivity contribution in [3.05, 3.63) is 58.7 Å². The third-order valence-corrected chi connectivity index (χ3v) is 4.96. The first-order valence-electron chi connectivity index (χ1n) is 8.51. The van der Waals surface area contributed by atoms with E-state index in [0.717, 1.165) is 28.5 Å². The lowest BCUT2D eigenvalue weighted by molar-refractivity contribution is 0.240. The van der Waals surface area contributed by atoms with Crippen LogP contribution < -0.4 is 10.6 Å². The molecule has 2 amide bonds. The van der Waals surface area contributed by atoms with E-state index in [9.17, 15) is 4.79 Å². The van der Waals surface area contributed by atoms with Crippen molar-refractivity contribution in [1.29, 1.82) is 0 Å². The van der Waals surface area contributed by atoms with Crippen LogP contribution in [-0.4, -0.2) is 32.1 Å². The second-order valence-corrected chi connectivity index (χ2v) is 7.07. The molecule has 2 N–H and O–H groups in total. The van der Waals surface area contributed by atoms with Gasteiger partial charge in [-0.25, -0.2) is 19.7 Å². The number of rotatable bonds is 7. The van der Waals surface area contributed by atoms with Crippen molar-refractivity contribution in [3.8, 4) is 5.82 Å². The topological polar surface area (TPSA) is 84.7 Å². The molecule has 7 nitrogen and oxygen atoms in total. The van der Waals surface area contributed by atoms with E-state index in [1.54, 1.807) is 30.1 Å². The van der Waals surface area contributed by atoms with Gasteiger partial charge in [-0.2, -0.15) is 0 Å². The van der Waals surface area contributed by atoms with E-state index in [0.29, 0.717) is 19.0 Å². The molecule has 26 heavy (non-hydrogen) atoms. The van der Waals surface area contributed by atoms with Crippen LogP contribution in [0.2, 0.25) is 0 Å². The Bertz CT molecular complexity index is 843. The van der Waals surface area contributed by atoms with Gasteiger partial charge in [-0.15, -0.1) is 11.3 Å². The molecule has 0 aliphatic heterocycles. The van der Waals surface area contributed by atoms with Crippen LogP contribution in [0.1, 0.15) is 36.0 Å². The SMILES string of the molecule is CC(C)c1nc(CCNC(=O)NCc2ccnc(-n3ccnc3)c2)cs1. The molecule has 0 atom stereocenters. The Morgan fingerprint density at radius 2 is 2.19 bits per heavy atom. The number of aromatic nitrogens is 4. The molecule has 0 fully saturated rings. The number of carbonyl (C=O) groups excluding carboxylic acids is 1. The van der Waals surface area contributed by atoms with Crippen LogP contribution in [-0.2, 0) is 13.0 Å². The number of amides is 2. The van der Waals surface area contributed by atoms with Gasteiger partial charge >= 0.3 is 6.03 Å². The number of nitrogens with zero attached hydrogens (tertiary/aromatic N) is 4. The molecule has 136 valence electrons. The van der Waals surface area contributed by atoms with E-state index in [1.165, 1.54) is 0 Å². The van der Waals surface area contributed by atoms with Crippen molar-refractivity contribution in [3.63, 3.8) is 0 Å². The van der Waals surface area contributed by atoms with Crippen LogP contribution in [0.4, 0.5) is 4.79 Å². The molecule has 3 aromatic heterocycles. The molecule has 8 heteroatoms. The second kappa shape index (κ2) is 8.57. The number of urea groups is 1. The van der Waals surface area contributed by atoms with Crippen LogP contribution in [0.25, 0.3) is 5.82 Å². The minimum absolute atomic E-state index is 0.190. The van der Waals surface area contributed by atoms with Gasteiger partial charge in [-0.3, -0.25) is 4.57 Å². The third-order valence-electron chi connectivity index (χ3n) is 3.76. The predicted octanol–water partition coefficient (Wildman–Crippen LogP) is 2.89. The average molecular weight is 370 g/mol. The Hall–Kier alpha value is -2.74. The number of imidazole rings is 1. The maximum Gasteiger partial charge on any atom is 0.315 e. The van der Waals surface area contributed by atoms with Gasteiger partial charge in [0.25, 0.3) is 0 Å². The smallest absolute Gasteiger partial charge is 0.315 e. The highest BCUT2D eigenvalue weighted by Gasteiger charge is 2.07. The lowest BCUT2D eigenvalue weighted by Crippen LogP contribution is -2.36. The van der Waals surface area contributed by atoms with Gasteiger partial charge in [-0.05, 0) is 17.7 Å². The van der Waals surface area contributed by atoms with Crippen molar-refractivity contribution >= 4 is 17.4 Å². The zero-order valence-corrected chi connectivity index (χ0v) is 15.7. The first-order valence-corrected chi connectivity index (χ1v) is 9.39. The second-order valence-electron chi connectivity index (χ2n) is 6.18. The van der Waals surface area contributed by atoms with Crippen molar-refractivity contribution in [2.24, 2.45) is 0 Å². The number of hydrogen-bond donors (Lipinski definition) is 2. The highest BCUT2D eigenvalue weighted by atomic mass is 32.1. The molecule has 3 aromatic rings.